The van der Waals surface area contributed by atoms with Gasteiger partial charge in [0.1, 0.15) is 12.2 Å². The maximum atomic E-state index is 13.6. The molecule has 0 unspecified atom stereocenters. The minimum atomic E-state index is -0.372. The van der Waals surface area contributed by atoms with E-state index < -0.39 is 0 Å². The van der Waals surface area contributed by atoms with E-state index in [1.807, 2.05) is 0 Å². The Morgan fingerprint density at radius 3 is 2.40 bits per heavy atom. The molecule has 2 aromatic carbocycles. The first-order chi connectivity index (χ1) is 12.1. The van der Waals surface area contributed by atoms with Crippen LogP contribution in [0.2, 0.25) is 0 Å². The van der Waals surface area contributed by atoms with Gasteiger partial charge in [0.15, 0.2) is 0 Å². The monoisotopic (exact) mass is 339 g/mol. The molecule has 0 aromatic heterocycles. The number of aryl methyl sites for hydroxylation is 1. The predicted octanol–water partition coefficient (Wildman–Crippen LogP) is 2.93. The number of nitrogens with one attached hydrogen (secondary N) is 2. The number of hydrogen-bond donors (Lipinski definition) is 2. The molecular formula is C19H18FN3O2. The van der Waals surface area contributed by atoms with Crippen molar-refractivity contribution in [3.8, 4) is 6.07 Å². The first-order valence-corrected chi connectivity index (χ1v) is 7.85. The predicted molar refractivity (Wildman–Crippen MR) is 91.9 cm³/mol. The van der Waals surface area contributed by atoms with Crippen LogP contribution in [0.5, 0.6) is 0 Å². The highest BCUT2D eigenvalue weighted by Crippen LogP contribution is 2.16. The van der Waals surface area contributed by atoms with Crippen molar-refractivity contribution in [3.05, 3.63) is 65.5 Å². The second-order valence-electron chi connectivity index (χ2n) is 5.41. The van der Waals surface area contributed by atoms with Crippen LogP contribution in [0.1, 0.15) is 24.0 Å². The lowest BCUT2D eigenvalue weighted by molar-refractivity contribution is -0.120. The summed E-state index contributed by atoms with van der Waals surface area (Å²) >= 11 is 0. The van der Waals surface area contributed by atoms with Crippen molar-refractivity contribution in [1.29, 1.82) is 5.26 Å². The fourth-order valence-corrected chi connectivity index (χ4v) is 2.29. The molecule has 2 N–H and O–H groups in total. The minimum absolute atomic E-state index is 0.149. The number of carbonyl (C=O) groups excluding carboxylic acids is 2. The molecule has 6 heteroatoms. The summed E-state index contributed by atoms with van der Waals surface area (Å²) in [6.45, 7) is 0.213. The van der Waals surface area contributed by atoms with Gasteiger partial charge in [-0.2, -0.15) is 5.26 Å². The van der Waals surface area contributed by atoms with Gasteiger partial charge in [0.05, 0.1) is 6.07 Å². The second kappa shape index (κ2) is 9.18. The van der Waals surface area contributed by atoms with Crippen LogP contribution >= 0.6 is 0 Å². The highest BCUT2D eigenvalue weighted by atomic mass is 19.1. The van der Waals surface area contributed by atoms with E-state index >= 15 is 0 Å². The number of halogens is 1. The largest absolute Gasteiger partial charge is 0.351 e. The first kappa shape index (κ1) is 18.1. The Labute approximate surface area is 145 Å². The molecule has 0 atom stereocenters. The molecule has 2 rings (SSSR count). The number of nitrogens with zero attached hydrogens (tertiary/aromatic N) is 1. The van der Waals surface area contributed by atoms with Crippen LogP contribution in [0.3, 0.4) is 0 Å². The lowest BCUT2D eigenvalue weighted by Crippen LogP contribution is -2.23. The molecule has 0 fully saturated rings. The maximum Gasteiger partial charge on any atom is 0.234 e. The molecule has 2 amide bonds. The molecular weight excluding hydrogens is 321 g/mol. The average molecular weight is 339 g/mol. The Kier molecular flexibility index (Phi) is 6.66. The van der Waals surface area contributed by atoms with E-state index in [1.165, 1.54) is 6.07 Å². The summed E-state index contributed by atoms with van der Waals surface area (Å²) in [7, 11) is 0. The van der Waals surface area contributed by atoms with E-state index in [-0.39, 0.29) is 37.0 Å². The molecule has 0 aliphatic heterocycles. The third kappa shape index (κ3) is 5.74. The standard InChI is InChI=1S/C19H18FN3O2/c20-16-7-3-1-5-14(16)9-10-19(25)23-17-8-4-2-6-15(17)13-22-18(24)11-12-21/h1-8H,9-11,13H2,(H,22,24)(H,23,25). The highest BCUT2D eigenvalue weighted by molar-refractivity contribution is 5.91. The van der Waals surface area contributed by atoms with Gasteiger partial charge in [-0.25, -0.2) is 4.39 Å². The Balaban J connectivity index is 1.93. The molecule has 2 aromatic rings. The Morgan fingerprint density at radius 2 is 1.68 bits per heavy atom. The molecule has 5 nitrogen and oxygen atoms in total. The number of benzene rings is 2. The van der Waals surface area contributed by atoms with Crippen molar-refractivity contribution in [2.24, 2.45) is 0 Å². The van der Waals surface area contributed by atoms with Crippen LogP contribution in [0.4, 0.5) is 10.1 Å². The number of nitriles is 1. The van der Waals surface area contributed by atoms with Crippen LogP contribution in [0.15, 0.2) is 48.5 Å². The summed E-state index contributed by atoms with van der Waals surface area (Å²) < 4.78 is 13.6. The van der Waals surface area contributed by atoms with E-state index in [4.69, 9.17) is 5.26 Å². The van der Waals surface area contributed by atoms with Gasteiger partial charge >= 0.3 is 0 Å². The first-order valence-electron chi connectivity index (χ1n) is 7.85. The number of rotatable bonds is 7. The third-order valence-electron chi connectivity index (χ3n) is 3.59. The Bertz CT molecular complexity index is 799. The normalized spacial score (nSPS) is 9.92. The molecule has 0 spiro atoms. The van der Waals surface area contributed by atoms with Gasteiger partial charge in [-0.15, -0.1) is 0 Å². The summed E-state index contributed by atoms with van der Waals surface area (Å²) in [4.78, 5) is 23.5. The Morgan fingerprint density at radius 1 is 1.00 bits per heavy atom. The van der Waals surface area contributed by atoms with E-state index in [1.54, 1.807) is 48.5 Å². The average Bonchev–Trinajstić information content (AvgIpc) is 2.60. The van der Waals surface area contributed by atoms with Crippen molar-refractivity contribution in [2.45, 2.75) is 25.8 Å². The van der Waals surface area contributed by atoms with Crippen LogP contribution in [-0.4, -0.2) is 11.8 Å². The van der Waals surface area contributed by atoms with E-state index in [0.717, 1.165) is 5.56 Å². The summed E-state index contributed by atoms with van der Waals surface area (Å²) in [5.74, 6) is -0.932. The number of hydrogen-bond acceptors (Lipinski definition) is 3. The third-order valence-corrected chi connectivity index (χ3v) is 3.59. The van der Waals surface area contributed by atoms with Crippen molar-refractivity contribution >= 4 is 17.5 Å². The Hall–Kier alpha value is -3.20. The zero-order chi connectivity index (χ0) is 18.1. The smallest absolute Gasteiger partial charge is 0.234 e. The number of para-hydroxylation sites is 1. The maximum absolute atomic E-state index is 13.6. The van der Waals surface area contributed by atoms with Gasteiger partial charge < -0.3 is 10.6 Å². The van der Waals surface area contributed by atoms with Crippen molar-refractivity contribution in [2.75, 3.05) is 5.32 Å². The molecule has 128 valence electrons. The van der Waals surface area contributed by atoms with Crippen molar-refractivity contribution < 1.29 is 14.0 Å². The van der Waals surface area contributed by atoms with Crippen LogP contribution in [-0.2, 0) is 22.6 Å². The number of carbonyl (C=O) groups is 2. The van der Waals surface area contributed by atoms with Gasteiger partial charge in [0.2, 0.25) is 11.8 Å². The molecule has 25 heavy (non-hydrogen) atoms. The topological polar surface area (TPSA) is 82.0 Å². The molecule has 0 aliphatic carbocycles. The van der Waals surface area contributed by atoms with Crippen molar-refractivity contribution in [3.63, 3.8) is 0 Å². The second-order valence-corrected chi connectivity index (χ2v) is 5.41. The fourth-order valence-electron chi connectivity index (χ4n) is 2.29. The van der Waals surface area contributed by atoms with Crippen LogP contribution < -0.4 is 10.6 Å². The van der Waals surface area contributed by atoms with E-state index in [0.29, 0.717) is 17.7 Å². The number of anilines is 1. The SMILES string of the molecule is N#CCC(=O)NCc1ccccc1NC(=O)CCc1ccccc1F. The lowest BCUT2D eigenvalue weighted by Gasteiger charge is -2.12. The lowest BCUT2D eigenvalue weighted by atomic mass is 10.1. The highest BCUT2D eigenvalue weighted by Gasteiger charge is 2.09. The van der Waals surface area contributed by atoms with Gasteiger partial charge in [0, 0.05) is 18.7 Å². The van der Waals surface area contributed by atoms with E-state index in [9.17, 15) is 14.0 Å². The minimum Gasteiger partial charge on any atom is -0.351 e. The van der Waals surface area contributed by atoms with Gasteiger partial charge in [-0.3, -0.25) is 9.59 Å². The molecule has 0 radical (unpaired) electrons. The summed E-state index contributed by atoms with van der Waals surface area (Å²) in [5, 5.41) is 13.9. The van der Waals surface area contributed by atoms with Crippen LogP contribution in [0.25, 0.3) is 0 Å². The van der Waals surface area contributed by atoms with E-state index in [2.05, 4.69) is 10.6 Å². The quantitative estimate of drug-likeness (QED) is 0.814. The van der Waals surface area contributed by atoms with Gasteiger partial charge in [-0.05, 0) is 29.7 Å². The summed E-state index contributed by atoms with van der Waals surface area (Å²) in [6.07, 6.45) is 0.243. The van der Waals surface area contributed by atoms with Gasteiger partial charge in [0.25, 0.3) is 0 Å². The molecule has 0 heterocycles. The molecule has 0 bridgehead atoms. The fraction of sp³-hybridized carbons (Fsp3) is 0.211. The zero-order valence-corrected chi connectivity index (χ0v) is 13.6. The van der Waals surface area contributed by atoms with Crippen LogP contribution in [0, 0.1) is 17.1 Å². The van der Waals surface area contributed by atoms with Gasteiger partial charge in [-0.1, -0.05) is 36.4 Å². The molecule has 0 saturated heterocycles. The van der Waals surface area contributed by atoms with Crippen molar-refractivity contribution in [1.82, 2.24) is 5.32 Å². The summed E-state index contributed by atoms with van der Waals surface area (Å²) in [5.41, 5.74) is 1.81. The molecule has 0 saturated carbocycles. The number of amides is 2. The molecule has 0 aliphatic rings. The zero-order valence-electron chi connectivity index (χ0n) is 13.6. The summed E-state index contributed by atoms with van der Waals surface area (Å²) in [6, 6.07) is 15.2.